The van der Waals surface area contributed by atoms with E-state index in [9.17, 15) is 10.1 Å². The summed E-state index contributed by atoms with van der Waals surface area (Å²) in [5.41, 5.74) is 6.93. The molecule has 2 N–H and O–H groups in total. The number of hydrogen-bond donors (Lipinski definition) is 1. The molecule has 1 aromatic carbocycles. The van der Waals surface area contributed by atoms with Crippen molar-refractivity contribution >= 4 is 5.69 Å². The lowest BCUT2D eigenvalue weighted by Crippen LogP contribution is -2.10. The van der Waals surface area contributed by atoms with Crippen LogP contribution in [0.5, 0.6) is 0 Å². The Hall–Kier alpha value is -2.21. The molecule has 0 unspecified atom stereocenters. The number of nitro benzene ring substituents is 1. The Bertz CT molecular complexity index is 536. The first kappa shape index (κ1) is 11.3. The lowest BCUT2D eigenvalue weighted by molar-refractivity contribution is -0.384. The number of rotatable bonds is 4. The van der Waals surface area contributed by atoms with Crippen molar-refractivity contribution in [3.8, 4) is 11.3 Å². The van der Waals surface area contributed by atoms with Crippen LogP contribution < -0.4 is 5.73 Å². The second-order valence-electron chi connectivity index (χ2n) is 3.56. The molecule has 0 aliphatic rings. The number of aromatic nitrogens is 2. The highest BCUT2D eigenvalue weighted by atomic mass is 16.6. The number of hydrogen-bond acceptors (Lipinski definition) is 4. The highest BCUT2D eigenvalue weighted by Gasteiger charge is 2.08. The number of nitro groups is 1. The van der Waals surface area contributed by atoms with Crippen LogP contribution in [0.25, 0.3) is 11.3 Å². The first-order valence-corrected chi connectivity index (χ1v) is 5.19. The average Bonchev–Trinajstić information content (AvgIpc) is 2.78. The fourth-order valence-electron chi connectivity index (χ4n) is 1.55. The molecule has 0 saturated heterocycles. The van der Waals surface area contributed by atoms with E-state index in [4.69, 9.17) is 5.73 Å². The highest BCUT2D eigenvalue weighted by molar-refractivity contribution is 5.61. The second kappa shape index (κ2) is 4.75. The van der Waals surface area contributed by atoms with Crippen molar-refractivity contribution in [2.24, 2.45) is 5.73 Å². The summed E-state index contributed by atoms with van der Waals surface area (Å²) in [5, 5.41) is 14.9. The van der Waals surface area contributed by atoms with Crippen LogP contribution in [0.2, 0.25) is 0 Å². The summed E-state index contributed by atoms with van der Waals surface area (Å²) in [6.45, 7) is 1.14. The van der Waals surface area contributed by atoms with E-state index in [1.807, 2.05) is 6.07 Å². The van der Waals surface area contributed by atoms with Gasteiger partial charge in [0.15, 0.2) is 0 Å². The fourth-order valence-corrected chi connectivity index (χ4v) is 1.55. The SMILES string of the molecule is NCCn1ccc(-c2cccc([N+](=O)[O-])c2)n1. The summed E-state index contributed by atoms with van der Waals surface area (Å²) >= 11 is 0. The van der Waals surface area contributed by atoms with Crippen LogP contribution in [0, 0.1) is 10.1 Å². The molecule has 0 saturated carbocycles. The van der Waals surface area contributed by atoms with Crippen molar-refractivity contribution in [1.82, 2.24) is 9.78 Å². The monoisotopic (exact) mass is 232 g/mol. The summed E-state index contributed by atoms with van der Waals surface area (Å²) in [7, 11) is 0. The van der Waals surface area contributed by atoms with Crippen LogP contribution >= 0.6 is 0 Å². The molecule has 2 aromatic rings. The van der Waals surface area contributed by atoms with E-state index in [0.717, 1.165) is 5.56 Å². The van der Waals surface area contributed by atoms with Crippen molar-refractivity contribution in [3.05, 3.63) is 46.6 Å². The molecule has 0 atom stereocenters. The van der Waals surface area contributed by atoms with Gasteiger partial charge in [-0.15, -0.1) is 0 Å². The van der Waals surface area contributed by atoms with Gasteiger partial charge < -0.3 is 5.73 Å². The first-order chi connectivity index (χ1) is 8.20. The van der Waals surface area contributed by atoms with Crippen molar-refractivity contribution in [2.75, 3.05) is 6.54 Å². The maximum Gasteiger partial charge on any atom is 0.270 e. The zero-order valence-corrected chi connectivity index (χ0v) is 9.11. The van der Waals surface area contributed by atoms with Crippen LogP contribution in [0.1, 0.15) is 0 Å². The van der Waals surface area contributed by atoms with Gasteiger partial charge in [0, 0.05) is 30.4 Å². The third kappa shape index (κ3) is 2.48. The highest BCUT2D eigenvalue weighted by Crippen LogP contribution is 2.21. The minimum atomic E-state index is -0.416. The van der Waals surface area contributed by atoms with Gasteiger partial charge in [-0.2, -0.15) is 5.10 Å². The zero-order valence-electron chi connectivity index (χ0n) is 9.11. The first-order valence-electron chi connectivity index (χ1n) is 5.19. The number of non-ortho nitro benzene ring substituents is 1. The quantitative estimate of drug-likeness (QED) is 0.637. The Morgan fingerprint density at radius 3 is 2.94 bits per heavy atom. The molecule has 0 aliphatic heterocycles. The van der Waals surface area contributed by atoms with Gasteiger partial charge in [0.25, 0.3) is 5.69 Å². The van der Waals surface area contributed by atoms with Crippen LogP contribution in [-0.2, 0) is 6.54 Å². The maximum atomic E-state index is 10.7. The molecule has 0 aliphatic carbocycles. The van der Waals surface area contributed by atoms with Crippen LogP contribution in [0.3, 0.4) is 0 Å². The summed E-state index contributed by atoms with van der Waals surface area (Å²) < 4.78 is 1.72. The smallest absolute Gasteiger partial charge is 0.270 e. The lowest BCUT2D eigenvalue weighted by atomic mass is 10.1. The third-order valence-corrected chi connectivity index (χ3v) is 2.35. The molecular formula is C11H12N4O2. The molecule has 1 aromatic heterocycles. The number of nitrogens with zero attached hydrogens (tertiary/aromatic N) is 3. The van der Waals surface area contributed by atoms with Crippen molar-refractivity contribution in [2.45, 2.75) is 6.54 Å². The molecule has 17 heavy (non-hydrogen) atoms. The Labute approximate surface area is 97.8 Å². The average molecular weight is 232 g/mol. The van der Waals surface area contributed by atoms with E-state index in [0.29, 0.717) is 18.8 Å². The molecule has 88 valence electrons. The standard InChI is InChI=1S/C11H12N4O2/c12-5-7-14-6-4-11(13-14)9-2-1-3-10(8-9)15(16)17/h1-4,6,8H,5,7,12H2. The topological polar surface area (TPSA) is 87.0 Å². The predicted molar refractivity (Wildman–Crippen MR) is 63.4 cm³/mol. The lowest BCUT2D eigenvalue weighted by Gasteiger charge is -1.98. The molecule has 0 radical (unpaired) electrons. The molecule has 6 nitrogen and oxygen atoms in total. The van der Waals surface area contributed by atoms with E-state index < -0.39 is 4.92 Å². The van der Waals surface area contributed by atoms with E-state index in [1.54, 1.807) is 23.0 Å². The molecule has 0 bridgehead atoms. The molecule has 0 fully saturated rings. The Kier molecular flexibility index (Phi) is 3.15. The van der Waals surface area contributed by atoms with E-state index in [-0.39, 0.29) is 5.69 Å². The Balaban J connectivity index is 2.32. The molecule has 2 rings (SSSR count). The summed E-state index contributed by atoms with van der Waals surface area (Å²) in [6.07, 6.45) is 1.81. The minimum Gasteiger partial charge on any atom is -0.329 e. The summed E-state index contributed by atoms with van der Waals surface area (Å²) in [4.78, 5) is 10.2. The van der Waals surface area contributed by atoms with Crippen LogP contribution in [0.15, 0.2) is 36.5 Å². The van der Waals surface area contributed by atoms with Crippen LogP contribution in [-0.4, -0.2) is 21.2 Å². The molecule has 1 heterocycles. The van der Waals surface area contributed by atoms with Gasteiger partial charge in [0.2, 0.25) is 0 Å². The van der Waals surface area contributed by atoms with Crippen LogP contribution in [0.4, 0.5) is 5.69 Å². The zero-order chi connectivity index (χ0) is 12.3. The largest absolute Gasteiger partial charge is 0.329 e. The van der Waals surface area contributed by atoms with Gasteiger partial charge in [0.05, 0.1) is 17.2 Å². The summed E-state index contributed by atoms with van der Waals surface area (Å²) in [5.74, 6) is 0. The molecule has 6 heteroatoms. The van der Waals surface area contributed by atoms with Gasteiger partial charge in [-0.05, 0) is 6.07 Å². The number of benzene rings is 1. The maximum absolute atomic E-state index is 10.7. The van der Waals surface area contributed by atoms with Gasteiger partial charge in [0.1, 0.15) is 0 Å². The predicted octanol–water partition coefficient (Wildman–Crippen LogP) is 1.42. The van der Waals surface area contributed by atoms with Gasteiger partial charge in [-0.3, -0.25) is 14.8 Å². The molecule has 0 spiro atoms. The molecular weight excluding hydrogens is 220 g/mol. The van der Waals surface area contributed by atoms with Crippen molar-refractivity contribution in [1.29, 1.82) is 0 Å². The normalized spacial score (nSPS) is 10.4. The number of nitrogens with two attached hydrogens (primary N) is 1. The van der Waals surface area contributed by atoms with E-state index >= 15 is 0 Å². The van der Waals surface area contributed by atoms with Crippen molar-refractivity contribution < 1.29 is 4.92 Å². The molecule has 0 amide bonds. The van der Waals surface area contributed by atoms with Crippen molar-refractivity contribution in [3.63, 3.8) is 0 Å². The fraction of sp³-hybridized carbons (Fsp3) is 0.182. The minimum absolute atomic E-state index is 0.0656. The van der Waals surface area contributed by atoms with E-state index in [1.165, 1.54) is 12.1 Å². The third-order valence-electron chi connectivity index (χ3n) is 2.35. The van der Waals surface area contributed by atoms with Gasteiger partial charge in [-0.1, -0.05) is 12.1 Å². The second-order valence-corrected chi connectivity index (χ2v) is 3.56. The van der Waals surface area contributed by atoms with Gasteiger partial charge in [-0.25, -0.2) is 0 Å². The van der Waals surface area contributed by atoms with E-state index in [2.05, 4.69) is 5.10 Å². The summed E-state index contributed by atoms with van der Waals surface area (Å²) in [6, 6.07) is 8.22. The Morgan fingerprint density at radius 1 is 1.41 bits per heavy atom. The Morgan fingerprint density at radius 2 is 2.24 bits per heavy atom. The van der Waals surface area contributed by atoms with Gasteiger partial charge >= 0.3 is 0 Å².